The molecule has 4 rings (SSSR count). The van der Waals surface area contributed by atoms with Gasteiger partial charge in [-0.15, -0.1) is 0 Å². The van der Waals surface area contributed by atoms with Crippen LogP contribution in [0.5, 0.6) is 5.75 Å². The monoisotopic (exact) mass is 425 g/mol. The molecular weight excluding hydrogens is 402 g/mol. The van der Waals surface area contributed by atoms with E-state index in [0.717, 1.165) is 18.7 Å². The maximum Gasteiger partial charge on any atom is 0.227 e. The van der Waals surface area contributed by atoms with Crippen LogP contribution in [0.1, 0.15) is 29.4 Å². The minimum atomic E-state index is -3.23. The molecule has 0 saturated carbocycles. The standard InChI is InChI=1S/C23H23NO5S/c1-2-30(26,27)21-9-7-17(8-10-21)15-29-23-16-28-20(11-22(23)25)14-24-12-18-5-3-4-6-19(18)13-24/h3-11,16H,2,12-15H2,1H3. The van der Waals surface area contributed by atoms with E-state index in [0.29, 0.717) is 12.3 Å². The summed E-state index contributed by atoms with van der Waals surface area (Å²) in [5.41, 5.74) is 3.14. The Morgan fingerprint density at radius 1 is 1.03 bits per heavy atom. The zero-order valence-electron chi connectivity index (χ0n) is 16.7. The van der Waals surface area contributed by atoms with Crippen LogP contribution in [0.3, 0.4) is 0 Å². The Morgan fingerprint density at radius 2 is 1.70 bits per heavy atom. The maximum absolute atomic E-state index is 12.4. The molecule has 6 nitrogen and oxygen atoms in total. The second-order valence-corrected chi connectivity index (χ2v) is 9.60. The predicted molar refractivity (Wildman–Crippen MR) is 113 cm³/mol. The van der Waals surface area contributed by atoms with Crippen molar-refractivity contribution in [3.05, 3.63) is 93.5 Å². The maximum atomic E-state index is 12.4. The van der Waals surface area contributed by atoms with Crippen LogP contribution >= 0.6 is 0 Å². The van der Waals surface area contributed by atoms with E-state index in [1.54, 1.807) is 31.2 Å². The zero-order chi connectivity index (χ0) is 21.1. The van der Waals surface area contributed by atoms with Gasteiger partial charge in [0.05, 0.1) is 17.2 Å². The van der Waals surface area contributed by atoms with Crippen LogP contribution in [0.2, 0.25) is 0 Å². The summed E-state index contributed by atoms with van der Waals surface area (Å²) >= 11 is 0. The van der Waals surface area contributed by atoms with Gasteiger partial charge in [0.2, 0.25) is 11.2 Å². The number of fused-ring (bicyclic) bond motifs is 1. The molecule has 0 spiro atoms. The van der Waals surface area contributed by atoms with E-state index in [-0.39, 0.29) is 28.4 Å². The van der Waals surface area contributed by atoms with Gasteiger partial charge in [-0.05, 0) is 28.8 Å². The smallest absolute Gasteiger partial charge is 0.227 e. The molecule has 1 aliphatic rings. The fraction of sp³-hybridized carbons (Fsp3) is 0.261. The van der Waals surface area contributed by atoms with Gasteiger partial charge >= 0.3 is 0 Å². The Bertz CT molecular complexity index is 1170. The van der Waals surface area contributed by atoms with E-state index in [1.165, 1.54) is 23.5 Å². The van der Waals surface area contributed by atoms with Crippen molar-refractivity contribution in [1.82, 2.24) is 4.90 Å². The Morgan fingerprint density at radius 3 is 2.30 bits per heavy atom. The van der Waals surface area contributed by atoms with E-state index >= 15 is 0 Å². The number of nitrogens with zero attached hydrogens (tertiary/aromatic N) is 1. The molecule has 1 aliphatic heterocycles. The number of ether oxygens (including phenoxy) is 1. The molecule has 3 aromatic rings. The Kier molecular flexibility index (Phi) is 5.74. The summed E-state index contributed by atoms with van der Waals surface area (Å²) in [7, 11) is -3.23. The van der Waals surface area contributed by atoms with E-state index in [2.05, 4.69) is 17.0 Å². The molecule has 2 aromatic carbocycles. The minimum Gasteiger partial charge on any atom is -0.482 e. The number of hydrogen-bond acceptors (Lipinski definition) is 6. The summed E-state index contributed by atoms with van der Waals surface area (Å²) in [5, 5.41) is 0. The highest BCUT2D eigenvalue weighted by Crippen LogP contribution is 2.24. The van der Waals surface area contributed by atoms with E-state index in [9.17, 15) is 13.2 Å². The van der Waals surface area contributed by atoms with E-state index < -0.39 is 9.84 Å². The number of benzene rings is 2. The lowest BCUT2D eigenvalue weighted by Gasteiger charge is -2.14. The minimum absolute atomic E-state index is 0.0553. The van der Waals surface area contributed by atoms with Gasteiger partial charge in [-0.25, -0.2) is 8.42 Å². The van der Waals surface area contributed by atoms with Crippen LogP contribution < -0.4 is 10.2 Å². The van der Waals surface area contributed by atoms with Gasteiger partial charge in [0, 0.05) is 19.2 Å². The number of hydrogen-bond donors (Lipinski definition) is 0. The van der Waals surface area contributed by atoms with Gasteiger partial charge in [-0.2, -0.15) is 0 Å². The van der Waals surface area contributed by atoms with Crippen molar-refractivity contribution in [2.45, 2.75) is 38.1 Å². The second kappa shape index (κ2) is 8.45. The number of sulfone groups is 1. The lowest BCUT2D eigenvalue weighted by Crippen LogP contribution is -2.17. The van der Waals surface area contributed by atoms with E-state index in [1.807, 2.05) is 12.1 Å². The lowest BCUT2D eigenvalue weighted by molar-refractivity contribution is 0.241. The van der Waals surface area contributed by atoms with Gasteiger partial charge in [0.15, 0.2) is 9.84 Å². The molecule has 0 fully saturated rings. The fourth-order valence-electron chi connectivity index (χ4n) is 3.48. The third-order valence-electron chi connectivity index (χ3n) is 5.19. The molecule has 30 heavy (non-hydrogen) atoms. The van der Waals surface area contributed by atoms with Crippen molar-refractivity contribution in [3.63, 3.8) is 0 Å². The summed E-state index contributed by atoms with van der Waals surface area (Å²) in [6.45, 7) is 3.98. The third kappa shape index (κ3) is 4.47. The molecule has 7 heteroatoms. The Hall–Kier alpha value is -2.90. The SMILES string of the molecule is CCS(=O)(=O)c1ccc(COc2coc(CN3Cc4ccccc4C3)cc2=O)cc1. The average molecular weight is 426 g/mol. The Balaban J connectivity index is 1.37. The van der Waals surface area contributed by atoms with Crippen LogP contribution in [0, 0.1) is 0 Å². The van der Waals surface area contributed by atoms with Crippen molar-refractivity contribution in [2.75, 3.05) is 5.75 Å². The molecule has 0 amide bonds. The quantitative estimate of drug-likeness (QED) is 0.576. The predicted octanol–water partition coefficient (Wildman–Crippen LogP) is 3.53. The molecule has 0 aliphatic carbocycles. The van der Waals surface area contributed by atoms with Crippen LogP contribution in [0.25, 0.3) is 0 Å². The topological polar surface area (TPSA) is 76.8 Å². The first-order chi connectivity index (χ1) is 14.4. The molecule has 0 atom stereocenters. The first-order valence-corrected chi connectivity index (χ1v) is 11.4. The molecule has 0 unspecified atom stereocenters. The summed E-state index contributed by atoms with van der Waals surface area (Å²) in [5.74, 6) is 0.780. The van der Waals surface area contributed by atoms with Crippen LogP contribution in [0.4, 0.5) is 0 Å². The van der Waals surface area contributed by atoms with Gasteiger partial charge < -0.3 is 9.15 Å². The summed E-state index contributed by atoms with van der Waals surface area (Å²) in [4.78, 5) is 14.9. The van der Waals surface area contributed by atoms with Gasteiger partial charge in [0.25, 0.3) is 0 Å². The highest BCUT2D eigenvalue weighted by molar-refractivity contribution is 7.91. The first kappa shape index (κ1) is 20.4. The fourth-order valence-corrected chi connectivity index (χ4v) is 4.37. The molecule has 0 radical (unpaired) electrons. The van der Waals surface area contributed by atoms with Gasteiger partial charge in [0.1, 0.15) is 18.6 Å². The van der Waals surface area contributed by atoms with Crippen LogP contribution in [-0.2, 0) is 36.1 Å². The number of rotatable bonds is 7. The van der Waals surface area contributed by atoms with Crippen LogP contribution in [-0.4, -0.2) is 19.1 Å². The molecule has 0 bridgehead atoms. The second-order valence-electron chi connectivity index (χ2n) is 7.32. The molecule has 156 valence electrons. The molecule has 0 N–H and O–H groups in total. The summed E-state index contributed by atoms with van der Waals surface area (Å²) in [6, 6.07) is 16.2. The normalized spacial score (nSPS) is 13.9. The van der Waals surface area contributed by atoms with Crippen molar-refractivity contribution in [1.29, 1.82) is 0 Å². The highest BCUT2D eigenvalue weighted by Gasteiger charge is 2.19. The zero-order valence-corrected chi connectivity index (χ0v) is 17.5. The van der Waals surface area contributed by atoms with Gasteiger partial charge in [-0.3, -0.25) is 9.69 Å². The summed E-state index contributed by atoms with van der Waals surface area (Å²) < 4.78 is 34.9. The van der Waals surface area contributed by atoms with Gasteiger partial charge in [-0.1, -0.05) is 43.3 Å². The Labute approximate surface area is 175 Å². The lowest BCUT2D eigenvalue weighted by atomic mass is 10.1. The summed E-state index contributed by atoms with van der Waals surface area (Å²) in [6.07, 6.45) is 1.34. The molecule has 2 heterocycles. The first-order valence-electron chi connectivity index (χ1n) is 9.80. The third-order valence-corrected chi connectivity index (χ3v) is 6.95. The van der Waals surface area contributed by atoms with Crippen molar-refractivity contribution < 1.29 is 17.6 Å². The average Bonchev–Trinajstić information content (AvgIpc) is 3.16. The van der Waals surface area contributed by atoms with Crippen LogP contribution in [0.15, 0.2) is 75.0 Å². The van der Waals surface area contributed by atoms with Crippen molar-refractivity contribution in [3.8, 4) is 5.75 Å². The molecular formula is C23H23NO5S. The largest absolute Gasteiger partial charge is 0.482 e. The molecule has 0 saturated heterocycles. The molecule has 1 aromatic heterocycles. The highest BCUT2D eigenvalue weighted by atomic mass is 32.2. The van der Waals surface area contributed by atoms with Crippen molar-refractivity contribution in [2.24, 2.45) is 0 Å². The van der Waals surface area contributed by atoms with Crippen molar-refractivity contribution >= 4 is 9.84 Å². The van der Waals surface area contributed by atoms with E-state index in [4.69, 9.17) is 9.15 Å².